The smallest absolute Gasteiger partial charge is 0.258 e. The first-order valence-corrected chi connectivity index (χ1v) is 11.7. The van der Waals surface area contributed by atoms with Crippen LogP contribution in [-0.4, -0.2) is 46.3 Å². The van der Waals surface area contributed by atoms with Gasteiger partial charge in [-0.3, -0.25) is 14.5 Å². The van der Waals surface area contributed by atoms with Crippen molar-refractivity contribution in [3.05, 3.63) is 95.9 Å². The number of pyridine rings is 1. The first kappa shape index (κ1) is 22.7. The molecule has 7 nitrogen and oxygen atoms in total. The lowest BCUT2D eigenvalue weighted by atomic mass is 10.0. The zero-order valence-electron chi connectivity index (χ0n) is 19.9. The van der Waals surface area contributed by atoms with E-state index in [1.54, 1.807) is 26.6 Å². The second-order valence-electron chi connectivity index (χ2n) is 8.58. The highest BCUT2D eigenvalue weighted by Gasteiger charge is 2.34. The molecular formula is C28H28N4O3. The molecule has 35 heavy (non-hydrogen) atoms. The highest BCUT2D eigenvalue weighted by atomic mass is 16.5. The average molecular weight is 469 g/mol. The predicted octanol–water partition coefficient (Wildman–Crippen LogP) is 4.99. The van der Waals surface area contributed by atoms with Crippen molar-refractivity contribution in [3.63, 3.8) is 0 Å². The number of aromatic nitrogens is 3. The number of ether oxygens (including phenoxy) is 2. The lowest BCUT2D eigenvalue weighted by Gasteiger charge is -2.26. The van der Waals surface area contributed by atoms with Crippen molar-refractivity contribution in [1.82, 2.24) is 19.7 Å². The van der Waals surface area contributed by atoms with E-state index in [1.165, 1.54) is 0 Å². The van der Waals surface area contributed by atoms with E-state index in [-0.39, 0.29) is 11.9 Å². The molecule has 0 aliphatic carbocycles. The highest BCUT2D eigenvalue weighted by Crippen LogP contribution is 2.40. The Bertz CT molecular complexity index is 1300. The molecule has 0 saturated carbocycles. The number of rotatable bonds is 7. The van der Waals surface area contributed by atoms with E-state index in [0.717, 1.165) is 41.0 Å². The van der Waals surface area contributed by atoms with Crippen LogP contribution in [0.15, 0.2) is 79.3 Å². The molecule has 1 saturated heterocycles. The van der Waals surface area contributed by atoms with E-state index in [9.17, 15) is 4.79 Å². The van der Waals surface area contributed by atoms with Crippen molar-refractivity contribution in [2.24, 2.45) is 0 Å². The highest BCUT2D eigenvalue weighted by molar-refractivity contribution is 6.00. The zero-order valence-corrected chi connectivity index (χ0v) is 19.9. The minimum atomic E-state index is -0.0809. The number of hydrogen-bond acceptors (Lipinski definition) is 5. The van der Waals surface area contributed by atoms with Crippen LogP contribution in [0.1, 0.15) is 40.4 Å². The number of carbonyl (C=O) groups is 1. The van der Waals surface area contributed by atoms with Gasteiger partial charge in [0, 0.05) is 42.3 Å². The number of likely N-dealkylation sites (tertiary alicyclic amines) is 1. The summed E-state index contributed by atoms with van der Waals surface area (Å²) in [6, 6.07) is 19.6. The summed E-state index contributed by atoms with van der Waals surface area (Å²) < 4.78 is 12.8. The lowest BCUT2D eigenvalue weighted by Crippen LogP contribution is -2.31. The summed E-state index contributed by atoms with van der Waals surface area (Å²) in [5.74, 6) is 1.41. The Morgan fingerprint density at radius 2 is 1.91 bits per heavy atom. The van der Waals surface area contributed by atoms with Crippen LogP contribution in [0, 0.1) is 0 Å². The van der Waals surface area contributed by atoms with Gasteiger partial charge in [-0.25, -0.2) is 0 Å². The fourth-order valence-corrected chi connectivity index (χ4v) is 4.73. The van der Waals surface area contributed by atoms with Crippen LogP contribution in [-0.2, 0) is 6.54 Å². The number of carbonyl (C=O) groups excluding carboxylic acids is 1. The van der Waals surface area contributed by atoms with Gasteiger partial charge in [0.25, 0.3) is 5.91 Å². The number of nitrogens with zero attached hydrogens (tertiary/aromatic N) is 4. The van der Waals surface area contributed by atoms with Gasteiger partial charge in [0.2, 0.25) is 0 Å². The number of amides is 1. The molecule has 0 N–H and O–H groups in total. The Morgan fingerprint density at radius 1 is 1.06 bits per heavy atom. The average Bonchev–Trinajstić information content (AvgIpc) is 3.57. The van der Waals surface area contributed by atoms with Gasteiger partial charge in [-0.1, -0.05) is 30.3 Å². The first-order chi connectivity index (χ1) is 17.2. The van der Waals surface area contributed by atoms with Gasteiger partial charge >= 0.3 is 0 Å². The quantitative estimate of drug-likeness (QED) is 0.382. The topological polar surface area (TPSA) is 69.5 Å². The standard InChI is InChI=1S/C28H28N4O3/c1-34-22-12-13-23(26(16-22)35-2)25-11-7-15-32(25)28(33)24-19-31(18-20-8-4-3-5-9-20)30-27(24)21-10-6-14-29-17-21/h3-6,8-10,12-14,16-17,19,25H,7,11,15,18H2,1-2H3/t25-/m0/s1. The van der Waals surface area contributed by atoms with Crippen molar-refractivity contribution in [2.45, 2.75) is 25.4 Å². The summed E-state index contributed by atoms with van der Waals surface area (Å²) >= 11 is 0. The normalized spacial score (nSPS) is 15.3. The molecule has 1 aliphatic heterocycles. The first-order valence-electron chi connectivity index (χ1n) is 11.7. The summed E-state index contributed by atoms with van der Waals surface area (Å²) in [6.45, 7) is 1.26. The molecule has 0 unspecified atom stereocenters. The minimum Gasteiger partial charge on any atom is -0.497 e. The second kappa shape index (κ2) is 10.0. The van der Waals surface area contributed by atoms with Gasteiger partial charge < -0.3 is 14.4 Å². The molecule has 7 heteroatoms. The Kier molecular flexibility index (Phi) is 6.48. The Morgan fingerprint density at radius 3 is 2.66 bits per heavy atom. The van der Waals surface area contributed by atoms with Gasteiger partial charge in [0.05, 0.1) is 32.4 Å². The summed E-state index contributed by atoms with van der Waals surface area (Å²) in [7, 11) is 3.28. The van der Waals surface area contributed by atoms with Crippen LogP contribution >= 0.6 is 0 Å². The molecule has 1 atom stereocenters. The lowest BCUT2D eigenvalue weighted by molar-refractivity contribution is 0.0735. The van der Waals surface area contributed by atoms with Crippen LogP contribution in [0.2, 0.25) is 0 Å². The van der Waals surface area contributed by atoms with Gasteiger partial charge in [0.15, 0.2) is 0 Å². The third-order valence-electron chi connectivity index (χ3n) is 6.43. The molecule has 178 valence electrons. The van der Waals surface area contributed by atoms with Crippen LogP contribution in [0.3, 0.4) is 0 Å². The molecule has 5 rings (SSSR count). The SMILES string of the molecule is COc1ccc([C@@H]2CCCN2C(=O)c2cn(Cc3ccccc3)nc2-c2cccnc2)c(OC)c1. The number of hydrogen-bond donors (Lipinski definition) is 0. The van der Waals surface area contributed by atoms with Crippen LogP contribution in [0.5, 0.6) is 11.5 Å². The minimum absolute atomic E-state index is 0.0384. The van der Waals surface area contributed by atoms with Crippen molar-refractivity contribution in [3.8, 4) is 22.8 Å². The maximum Gasteiger partial charge on any atom is 0.258 e. The molecule has 0 radical (unpaired) electrons. The molecule has 0 bridgehead atoms. The van der Waals surface area contributed by atoms with Crippen molar-refractivity contribution in [2.75, 3.05) is 20.8 Å². The van der Waals surface area contributed by atoms with Crippen LogP contribution < -0.4 is 9.47 Å². The summed E-state index contributed by atoms with van der Waals surface area (Å²) in [4.78, 5) is 20.2. The van der Waals surface area contributed by atoms with Crippen LogP contribution in [0.4, 0.5) is 0 Å². The van der Waals surface area contributed by atoms with Crippen molar-refractivity contribution >= 4 is 5.91 Å². The largest absolute Gasteiger partial charge is 0.497 e. The third-order valence-corrected chi connectivity index (χ3v) is 6.43. The van der Waals surface area contributed by atoms with E-state index in [1.807, 2.05) is 64.3 Å². The number of methoxy groups -OCH3 is 2. The van der Waals surface area contributed by atoms with Gasteiger partial charge in [-0.2, -0.15) is 5.10 Å². The van der Waals surface area contributed by atoms with Crippen LogP contribution in [0.25, 0.3) is 11.3 Å². The van der Waals surface area contributed by atoms with E-state index in [2.05, 4.69) is 17.1 Å². The monoisotopic (exact) mass is 468 g/mol. The molecule has 0 spiro atoms. The molecule has 4 aromatic rings. The van der Waals surface area contributed by atoms with Crippen molar-refractivity contribution in [1.29, 1.82) is 0 Å². The molecule has 1 fully saturated rings. The molecule has 2 aromatic carbocycles. The molecule has 3 heterocycles. The van der Waals surface area contributed by atoms with E-state index < -0.39 is 0 Å². The van der Waals surface area contributed by atoms with E-state index in [0.29, 0.717) is 24.3 Å². The van der Waals surface area contributed by atoms with Gasteiger partial charge in [-0.05, 0) is 42.7 Å². The summed E-state index contributed by atoms with van der Waals surface area (Å²) in [6.07, 6.45) is 7.12. The Hall–Kier alpha value is -4.13. The summed E-state index contributed by atoms with van der Waals surface area (Å²) in [5, 5.41) is 4.81. The van der Waals surface area contributed by atoms with Gasteiger partial charge in [0.1, 0.15) is 17.2 Å². The molecule has 2 aromatic heterocycles. The molecular weight excluding hydrogens is 440 g/mol. The van der Waals surface area contributed by atoms with Gasteiger partial charge in [-0.15, -0.1) is 0 Å². The maximum atomic E-state index is 14.0. The summed E-state index contributed by atoms with van der Waals surface area (Å²) in [5.41, 5.74) is 4.15. The zero-order chi connectivity index (χ0) is 24.2. The fraction of sp³-hybridized carbons (Fsp3) is 0.250. The third kappa shape index (κ3) is 4.62. The Labute approximate surface area is 204 Å². The maximum absolute atomic E-state index is 14.0. The Balaban J connectivity index is 1.51. The fourth-order valence-electron chi connectivity index (χ4n) is 4.73. The second-order valence-corrected chi connectivity index (χ2v) is 8.58. The molecule has 1 amide bonds. The van der Waals surface area contributed by atoms with E-state index >= 15 is 0 Å². The van der Waals surface area contributed by atoms with Crippen molar-refractivity contribution < 1.29 is 14.3 Å². The molecule has 1 aliphatic rings. The number of benzene rings is 2. The predicted molar refractivity (Wildman–Crippen MR) is 134 cm³/mol. The van der Waals surface area contributed by atoms with E-state index in [4.69, 9.17) is 14.6 Å².